The zero-order valence-corrected chi connectivity index (χ0v) is 11.4. The Balaban J connectivity index is 2.70. The Morgan fingerprint density at radius 3 is 2.72 bits per heavy atom. The van der Waals surface area contributed by atoms with Crippen LogP contribution in [0.4, 0.5) is 4.39 Å². The van der Waals surface area contributed by atoms with Crippen LogP contribution in [0, 0.1) is 5.82 Å². The summed E-state index contributed by atoms with van der Waals surface area (Å²) in [5.41, 5.74) is 1.88. The maximum Gasteiger partial charge on any atom is 0.165 e. The SMILES string of the molecule is C=C(CC)COc1ccc(C(C)NCC)cc1F. The van der Waals surface area contributed by atoms with Gasteiger partial charge in [-0.25, -0.2) is 4.39 Å². The second kappa shape index (κ2) is 7.17. The molecule has 0 spiro atoms. The molecule has 2 nitrogen and oxygen atoms in total. The number of nitrogens with one attached hydrogen (secondary N) is 1. The Hall–Kier alpha value is -1.35. The molecule has 0 aliphatic heterocycles. The number of ether oxygens (including phenoxy) is 1. The molecule has 1 N–H and O–H groups in total. The van der Waals surface area contributed by atoms with Crippen LogP contribution in [0.1, 0.15) is 38.8 Å². The molecule has 0 amide bonds. The molecule has 0 aliphatic carbocycles. The minimum atomic E-state index is -0.318. The minimum absolute atomic E-state index is 0.143. The molecule has 1 atom stereocenters. The lowest BCUT2D eigenvalue weighted by Gasteiger charge is -2.14. The molecule has 0 aliphatic rings. The molecule has 0 saturated heterocycles. The van der Waals surface area contributed by atoms with Crippen LogP contribution in [-0.4, -0.2) is 13.2 Å². The lowest BCUT2D eigenvalue weighted by atomic mass is 10.1. The first-order valence-electron chi connectivity index (χ1n) is 6.40. The van der Waals surface area contributed by atoms with E-state index >= 15 is 0 Å². The van der Waals surface area contributed by atoms with Crippen molar-refractivity contribution in [2.45, 2.75) is 33.2 Å². The highest BCUT2D eigenvalue weighted by Crippen LogP contribution is 2.22. The minimum Gasteiger partial charge on any atom is -0.486 e. The van der Waals surface area contributed by atoms with Gasteiger partial charge >= 0.3 is 0 Å². The van der Waals surface area contributed by atoms with E-state index in [4.69, 9.17) is 4.74 Å². The molecule has 0 aromatic heterocycles. The monoisotopic (exact) mass is 251 g/mol. The van der Waals surface area contributed by atoms with E-state index in [0.717, 1.165) is 24.1 Å². The van der Waals surface area contributed by atoms with Crippen LogP contribution in [-0.2, 0) is 0 Å². The van der Waals surface area contributed by atoms with Gasteiger partial charge in [-0.15, -0.1) is 0 Å². The summed E-state index contributed by atoms with van der Waals surface area (Å²) in [5.74, 6) is -0.0294. The van der Waals surface area contributed by atoms with Gasteiger partial charge in [0.25, 0.3) is 0 Å². The summed E-state index contributed by atoms with van der Waals surface area (Å²) in [6.07, 6.45) is 0.844. The second-order valence-corrected chi connectivity index (χ2v) is 4.36. The van der Waals surface area contributed by atoms with Crippen LogP contribution in [0.3, 0.4) is 0 Å². The first-order chi connectivity index (χ1) is 8.58. The smallest absolute Gasteiger partial charge is 0.165 e. The third-order valence-corrected chi connectivity index (χ3v) is 2.90. The number of hydrogen-bond acceptors (Lipinski definition) is 2. The Bertz CT molecular complexity index is 403. The molecule has 0 radical (unpaired) electrons. The Morgan fingerprint density at radius 1 is 1.44 bits per heavy atom. The van der Waals surface area contributed by atoms with Crippen LogP contribution in [0.2, 0.25) is 0 Å². The van der Waals surface area contributed by atoms with E-state index in [2.05, 4.69) is 11.9 Å². The van der Waals surface area contributed by atoms with Gasteiger partial charge in [-0.05, 0) is 43.2 Å². The molecule has 1 aromatic rings. The maximum absolute atomic E-state index is 13.8. The maximum atomic E-state index is 13.8. The highest BCUT2D eigenvalue weighted by Gasteiger charge is 2.09. The summed E-state index contributed by atoms with van der Waals surface area (Å²) >= 11 is 0. The van der Waals surface area contributed by atoms with Gasteiger partial charge in [0.05, 0.1) is 0 Å². The number of halogens is 1. The number of hydrogen-bond donors (Lipinski definition) is 1. The lowest BCUT2D eigenvalue weighted by Crippen LogP contribution is -2.17. The summed E-state index contributed by atoms with van der Waals surface area (Å²) in [6.45, 7) is 11.1. The topological polar surface area (TPSA) is 21.3 Å². The molecule has 0 heterocycles. The fraction of sp³-hybridized carbons (Fsp3) is 0.467. The van der Waals surface area contributed by atoms with Gasteiger partial charge in [-0.2, -0.15) is 0 Å². The average Bonchev–Trinajstić information content (AvgIpc) is 2.37. The van der Waals surface area contributed by atoms with Crippen LogP contribution < -0.4 is 10.1 Å². The van der Waals surface area contributed by atoms with Gasteiger partial charge in [0, 0.05) is 6.04 Å². The number of rotatable bonds is 7. The van der Waals surface area contributed by atoms with Gasteiger partial charge in [-0.1, -0.05) is 26.5 Å². The van der Waals surface area contributed by atoms with E-state index < -0.39 is 0 Å². The Kier molecular flexibility index (Phi) is 5.86. The Morgan fingerprint density at radius 2 is 2.17 bits per heavy atom. The zero-order valence-electron chi connectivity index (χ0n) is 11.4. The van der Waals surface area contributed by atoms with Gasteiger partial charge in [0.15, 0.2) is 11.6 Å². The van der Waals surface area contributed by atoms with Gasteiger partial charge in [0.2, 0.25) is 0 Å². The van der Waals surface area contributed by atoms with Crippen molar-refractivity contribution in [2.75, 3.05) is 13.2 Å². The number of benzene rings is 1. The van der Waals surface area contributed by atoms with E-state index in [-0.39, 0.29) is 17.6 Å². The molecule has 1 unspecified atom stereocenters. The van der Waals surface area contributed by atoms with E-state index in [1.807, 2.05) is 26.8 Å². The molecular formula is C15H22FNO. The van der Waals surface area contributed by atoms with E-state index in [0.29, 0.717) is 6.61 Å². The summed E-state index contributed by atoms with van der Waals surface area (Å²) in [6, 6.07) is 5.24. The Labute approximate surface area is 109 Å². The fourth-order valence-corrected chi connectivity index (χ4v) is 1.61. The molecule has 0 bridgehead atoms. The van der Waals surface area contributed by atoms with Gasteiger partial charge in [-0.3, -0.25) is 0 Å². The first kappa shape index (κ1) is 14.7. The molecule has 1 aromatic carbocycles. The quantitative estimate of drug-likeness (QED) is 0.743. The van der Waals surface area contributed by atoms with Crippen molar-refractivity contribution < 1.29 is 9.13 Å². The van der Waals surface area contributed by atoms with Crippen LogP contribution >= 0.6 is 0 Å². The highest BCUT2D eigenvalue weighted by molar-refractivity contribution is 5.31. The standard InChI is InChI=1S/C15H22FNO/c1-5-11(3)10-18-15-8-7-13(9-14(15)16)12(4)17-6-2/h7-9,12,17H,3,5-6,10H2,1-2,4H3. The molecule has 3 heteroatoms. The molecule has 1 rings (SSSR count). The molecule has 0 fully saturated rings. The van der Waals surface area contributed by atoms with E-state index in [9.17, 15) is 4.39 Å². The van der Waals surface area contributed by atoms with E-state index in [1.54, 1.807) is 6.07 Å². The summed E-state index contributed by atoms with van der Waals surface area (Å²) in [4.78, 5) is 0. The van der Waals surface area contributed by atoms with Crippen molar-refractivity contribution in [2.24, 2.45) is 0 Å². The van der Waals surface area contributed by atoms with Crippen molar-refractivity contribution >= 4 is 0 Å². The fourth-order valence-electron chi connectivity index (χ4n) is 1.61. The first-order valence-corrected chi connectivity index (χ1v) is 6.40. The van der Waals surface area contributed by atoms with Crippen molar-refractivity contribution in [1.29, 1.82) is 0 Å². The van der Waals surface area contributed by atoms with Crippen molar-refractivity contribution in [3.8, 4) is 5.75 Å². The van der Waals surface area contributed by atoms with Crippen LogP contribution in [0.5, 0.6) is 5.75 Å². The largest absolute Gasteiger partial charge is 0.486 e. The predicted octanol–water partition coefficient (Wildman–Crippen LogP) is 3.84. The third kappa shape index (κ3) is 4.15. The van der Waals surface area contributed by atoms with Gasteiger partial charge < -0.3 is 10.1 Å². The van der Waals surface area contributed by atoms with E-state index in [1.165, 1.54) is 6.07 Å². The highest BCUT2D eigenvalue weighted by atomic mass is 19.1. The van der Waals surface area contributed by atoms with Crippen molar-refractivity contribution in [1.82, 2.24) is 5.32 Å². The third-order valence-electron chi connectivity index (χ3n) is 2.90. The summed E-state index contributed by atoms with van der Waals surface area (Å²) in [5, 5.41) is 3.25. The van der Waals surface area contributed by atoms with Crippen molar-refractivity contribution in [3.05, 3.63) is 41.7 Å². The zero-order chi connectivity index (χ0) is 13.5. The molecular weight excluding hydrogens is 229 g/mol. The van der Waals surface area contributed by atoms with Crippen molar-refractivity contribution in [3.63, 3.8) is 0 Å². The predicted molar refractivity (Wildman–Crippen MR) is 73.4 cm³/mol. The second-order valence-electron chi connectivity index (χ2n) is 4.36. The average molecular weight is 251 g/mol. The lowest BCUT2D eigenvalue weighted by molar-refractivity contribution is 0.329. The normalized spacial score (nSPS) is 12.2. The summed E-state index contributed by atoms with van der Waals surface area (Å²) < 4.78 is 19.2. The van der Waals surface area contributed by atoms with Gasteiger partial charge in [0.1, 0.15) is 6.61 Å². The summed E-state index contributed by atoms with van der Waals surface area (Å²) in [7, 11) is 0. The van der Waals surface area contributed by atoms with Crippen LogP contribution in [0.15, 0.2) is 30.4 Å². The molecule has 100 valence electrons. The van der Waals surface area contributed by atoms with Crippen LogP contribution in [0.25, 0.3) is 0 Å². The molecule has 18 heavy (non-hydrogen) atoms. The molecule has 0 saturated carbocycles.